The molecule has 1 aliphatic heterocycles. The van der Waals surface area contributed by atoms with Gasteiger partial charge in [0.1, 0.15) is 11.8 Å². The number of aromatic nitrogens is 1. The molecule has 8 heteroatoms. The lowest BCUT2D eigenvalue weighted by molar-refractivity contribution is -0.148. The number of ether oxygens (including phenoxy) is 2. The SMILES string of the molecule is COC(=O)C(C)N1C(=O)S/C(=C/c2ccc(C)n2-c2ccc(OC)cc2)C1=O. The highest BCUT2D eigenvalue weighted by atomic mass is 32.2. The molecule has 3 rings (SSSR count). The summed E-state index contributed by atoms with van der Waals surface area (Å²) in [6.07, 6.45) is 1.66. The minimum atomic E-state index is -0.974. The maximum Gasteiger partial charge on any atom is 0.328 e. The molecular weight excluding hydrogens is 380 g/mol. The fourth-order valence-corrected chi connectivity index (χ4v) is 3.87. The number of thioether (sulfide) groups is 1. The Morgan fingerprint density at radius 3 is 2.39 bits per heavy atom. The monoisotopic (exact) mass is 400 g/mol. The van der Waals surface area contributed by atoms with Crippen LogP contribution in [-0.2, 0) is 14.3 Å². The van der Waals surface area contributed by atoms with Gasteiger partial charge in [-0.05, 0) is 68.1 Å². The summed E-state index contributed by atoms with van der Waals surface area (Å²) in [6, 6.07) is 10.4. The van der Waals surface area contributed by atoms with E-state index in [2.05, 4.69) is 4.74 Å². The zero-order chi connectivity index (χ0) is 20.4. The van der Waals surface area contributed by atoms with E-state index >= 15 is 0 Å². The Balaban J connectivity index is 1.95. The van der Waals surface area contributed by atoms with Crippen LogP contribution in [0.15, 0.2) is 41.3 Å². The highest BCUT2D eigenvalue weighted by Gasteiger charge is 2.41. The lowest BCUT2D eigenvalue weighted by Gasteiger charge is -2.18. The molecule has 1 aromatic carbocycles. The van der Waals surface area contributed by atoms with Gasteiger partial charge >= 0.3 is 5.97 Å². The predicted molar refractivity (Wildman–Crippen MR) is 106 cm³/mol. The lowest BCUT2D eigenvalue weighted by atomic mass is 10.2. The van der Waals surface area contributed by atoms with E-state index in [1.807, 2.05) is 47.9 Å². The van der Waals surface area contributed by atoms with E-state index in [9.17, 15) is 14.4 Å². The summed E-state index contributed by atoms with van der Waals surface area (Å²) in [4.78, 5) is 37.9. The third kappa shape index (κ3) is 3.55. The minimum absolute atomic E-state index is 0.258. The lowest BCUT2D eigenvalue weighted by Crippen LogP contribution is -2.42. The van der Waals surface area contributed by atoms with Gasteiger partial charge in [-0.3, -0.25) is 14.5 Å². The number of nitrogens with zero attached hydrogens (tertiary/aromatic N) is 2. The first-order chi connectivity index (χ1) is 13.4. The zero-order valence-corrected chi connectivity index (χ0v) is 16.8. The largest absolute Gasteiger partial charge is 0.497 e. The second kappa shape index (κ2) is 7.93. The molecule has 0 bridgehead atoms. The summed E-state index contributed by atoms with van der Waals surface area (Å²) in [5.41, 5.74) is 2.62. The van der Waals surface area contributed by atoms with Crippen LogP contribution in [0.1, 0.15) is 18.3 Å². The van der Waals surface area contributed by atoms with Gasteiger partial charge in [0.15, 0.2) is 0 Å². The molecule has 0 N–H and O–H groups in total. The van der Waals surface area contributed by atoms with Gasteiger partial charge in [-0.1, -0.05) is 0 Å². The number of amides is 2. The first kappa shape index (κ1) is 19.8. The fraction of sp³-hybridized carbons (Fsp3) is 0.250. The third-order valence-electron chi connectivity index (χ3n) is 4.47. The average Bonchev–Trinajstić information content (AvgIpc) is 3.19. The molecule has 1 aromatic heterocycles. The van der Waals surface area contributed by atoms with Crippen LogP contribution >= 0.6 is 11.8 Å². The molecule has 1 atom stereocenters. The number of imide groups is 1. The van der Waals surface area contributed by atoms with E-state index in [1.54, 1.807) is 13.2 Å². The average molecular weight is 400 g/mol. The highest BCUT2D eigenvalue weighted by molar-refractivity contribution is 8.18. The molecule has 0 radical (unpaired) electrons. The number of carbonyl (C=O) groups excluding carboxylic acids is 3. The van der Waals surface area contributed by atoms with Crippen molar-refractivity contribution in [3.8, 4) is 11.4 Å². The normalized spacial score (nSPS) is 16.6. The Kier molecular flexibility index (Phi) is 5.60. The second-order valence-electron chi connectivity index (χ2n) is 6.18. The summed E-state index contributed by atoms with van der Waals surface area (Å²) >= 11 is 0.810. The van der Waals surface area contributed by atoms with Crippen molar-refractivity contribution in [2.45, 2.75) is 19.9 Å². The van der Waals surface area contributed by atoms with Crippen molar-refractivity contribution >= 4 is 35.0 Å². The molecule has 0 spiro atoms. The number of methoxy groups -OCH3 is 2. The third-order valence-corrected chi connectivity index (χ3v) is 5.35. The molecule has 2 aromatic rings. The Hall–Kier alpha value is -3.00. The topological polar surface area (TPSA) is 77.8 Å². The maximum absolute atomic E-state index is 12.7. The van der Waals surface area contributed by atoms with Crippen LogP contribution in [0.5, 0.6) is 5.75 Å². The van der Waals surface area contributed by atoms with Gasteiger partial charge in [0, 0.05) is 17.1 Å². The Labute approximate surface area is 166 Å². The van der Waals surface area contributed by atoms with Crippen LogP contribution in [0.2, 0.25) is 0 Å². The quantitative estimate of drug-likeness (QED) is 0.566. The van der Waals surface area contributed by atoms with Crippen molar-refractivity contribution in [1.82, 2.24) is 9.47 Å². The Bertz CT molecular complexity index is 961. The van der Waals surface area contributed by atoms with Crippen LogP contribution in [0.4, 0.5) is 4.79 Å². The Morgan fingerprint density at radius 1 is 1.11 bits per heavy atom. The van der Waals surface area contributed by atoms with Gasteiger partial charge in [0.25, 0.3) is 11.1 Å². The van der Waals surface area contributed by atoms with E-state index in [4.69, 9.17) is 4.74 Å². The van der Waals surface area contributed by atoms with Gasteiger partial charge < -0.3 is 14.0 Å². The number of esters is 1. The molecule has 1 aliphatic rings. The molecule has 7 nitrogen and oxygen atoms in total. The summed E-state index contributed by atoms with van der Waals surface area (Å²) < 4.78 is 11.8. The summed E-state index contributed by atoms with van der Waals surface area (Å²) in [5.74, 6) is -0.401. The highest BCUT2D eigenvalue weighted by Crippen LogP contribution is 2.34. The first-order valence-electron chi connectivity index (χ1n) is 8.55. The van der Waals surface area contributed by atoms with E-state index in [1.165, 1.54) is 14.0 Å². The van der Waals surface area contributed by atoms with Crippen molar-refractivity contribution in [2.75, 3.05) is 14.2 Å². The number of rotatable bonds is 5. The van der Waals surface area contributed by atoms with E-state index < -0.39 is 23.2 Å². The molecule has 2 amide bonds. The fourth-order valence-electron chi connectivity index (χ4n) is 2.98. The van der Waals surface area contributed by atoms with E-state index in [0.717, 1.165) is 39.5 Å². The van der Waals surface area contributed by atoms with E-state index in [0.29, 0.717) is 0 Å². The predicted octanol–water partition coefficient (Wildman–Crippen LogP) is 3.39. The van der Waals surface area contributed by atoms with Crippen LogP contribution in [0, 0.1) is 6.92 Å². The number of carbonyl (C=O) groups is 3. The Morgan fingerprint density at radius 2 is 1.79 bits per heavy atom. The van der Waals surface area contributed by atoms with Crippen LogP contribution in [-0.4, -0.2) is 46.8 Å². The van der Waals surface area contributed by atoms with Crippen LogP contribution in [0.3, 0.4) is 0 Å². The number of hydrogen-bond donors (Lipinski definition) is 0. The minimum Gasteiger partial charge on any atom is -0.497 e. The van der Waals surface area contributed by atoms with Crippen molar-refractivity contribution in [1.29, 1.82) is 0 Å². The maximum atomic E-state index is 12.7. The van der Waals surface area contributed by atoms with Crippen LogP contribution in [0.25, 0.3) is 11.8 Å². The number of benzene rings is 1. The molecule has 2 heterocycles. The van der Waals surface area contributed by atoms with Gasteiger partial charge in [0.2, 0.25) is 0 Å². The van der Waals surface area contributed by atoms with Gasteiger partial charge in [-0.2, -0.15) is 0 Å². The molecule has 0 aliphatic carbocycles. The van der Waals surface area contributed by atoms with E-state index in [-0.39, 0.29) is 4.91 Å². The smallest absolute Gasteiger partial charge is 0.328 e. The number of hydrogen-bond acceptors (Lipinski definition) is 6. The van der Waals surface area contributed by atoms with Gasteiger partial charge in [-0.25, -0.2) is 4.79 Å². The molecule has 0 saturated carbocycles. The summed E-state index contributed by atoms with van der Waals surface area (Å²) in [6.45, 7) is 3.42. The number of aryl methyl sites for hydroxylation is 1. The van der Waals surface area contributed by atoms with Crippen molar-refractivity contribution in [2.24, 2.45) is 0 Å². The second-order valence-corrected chi connectivity index (χ2v) is 7.18. The van der Waals surface area contributed by atoms with Crippen molar-refractivity contribution < 1.29 is 23.9 Å². The van der Waals surface area contributed by atoms with Gasteiger partial charge in [-0.15, -0.1) is 0 Å². The standard InChI is InChI=1S/C20H20N2O5S/c1-12-5-6-15(21(12)14-7-9-16(26-3)10-8-14)11-17-18(23)22(20(25)28-17)13(2)19(24)27-4/h5-11,13H,1-4H3/b17-11+. The molecular formula is C20H20N2O5S. The molecule has 1 fully saturated rings. The first-order valence-corrected chi connectivity index (χ1v) is 9.36. The summed E-state index contributed by atoms with van der Waals surface area (Å²) in [7, 11) is 2.82. The summed E-state index contributed by atoms with van der Waals surface area (Å²) in [5, 5.41) is -0.492. The molecule has 1 saturated heterocycles. The van der Waals surface area contributed by atoms with Crippen molar-refractivity contribution in [3.05, 3.63) is 52.7 Å². The zero-order valence-electron chi connectivity index (χ0n) is 16.0. The molecule has 146 valence electrons. The molecule has 1 unspecified atom stereocenters. The van der Waals surface area contributed by atoms with Crippen molar-refractivity contribution in [3.63, 3.8) is 0 Å². The van der Waals surface area contributed by atoms with Crippen LogP contribution < -0.4 is 4.74 Å². The van der Waals surface area contributed by atoms with Gasteiger partial charge in [0.05, 0.1) is 19.1 Å². The molecule has 28 heavy (non-hydrogen) atoms.